The van der Waals surface area contributed by atoms with E-state index in [4.69, 9.17) is 15.2 Å². The second kappa shape index (κ2) is 7.17. The maximum atomic E-state index is 5.55. The van der Waals surface area contributed by atoms with Crippen LogP contribution in [0.4, 0.5) is 0 Å². The van der Waals surface area contributed by atoms with E-state index in [0.717, 1.165) is 19.6 Å². The molecule has 4 nitrogen and oxygen atoms in total. The van der Waals surface area contributed by atoms with Gasteiger partial charge in [-0.25, -0.2) is 0 Å². The van der Waals surface area contributed by atoms with Crippen molar-refractivity contribution in [3.63, 3.8) is 0 Å². The lowest BCUT2D eigenvalue weighted by molar-refractivity contribution is -0.0209. The third kappa shape index (κ3) is 5.47. The van der Waals surface area contributed by atoms with Gasteiger partial charge in [-0.05, 0) is 13.3 Å². The lowest BCUT2D eigenvalue weighted by Crippen LogP contribution is -2.31. The Kier molecular flexibility index (Phi) is 6.17. The van der Waals surface area contributed by atoms with Gasteiger partial charge in [0.05, 0.1) is 19.4 Å². The number of ether oxygens (including phenoxy) is 2. The van der Waals surface area contributed by atoms with Gasteiger partial charge in [0, 0.05) is 25.7 Å². The van der Waals surface area contributed by atoms with Gasteiger partial charge < -0.3 is 15.2 Å². The van der Waals surface area contributed by atoms with Crippen molar-refractivity contribution in [3.05, 3.63) is 0 Å². The fourth-order valence-electron chi connectivity index (χ4n) is 1.56. The van der Waals surface area contributed by atoms with E-state index in [1.165, 1.54) is 13.0 Å². The van der Waals surface area contributed by atoms with E-state index >= 15 is 0 Å². The zero-order valence-electron chi connectivity index (χ0n) is 9.95. The lowest BCUT2D eigenvalue weighted by Gasteiger charge is -2.17. The molecule has 0 aromatic rings. The summed E-state index contributed by atoms with van der Waals surface area (Å²) < 4.78 is 11.0. The fraction of sp³-hybridized carbons (Fsp3) is 1.00. The third-order valence-electron chi connectivity index (χ3n) is 2.70. The predicted molar refractivity (Wildman–Crippen MR) is 60.7 cm³/mol. The largest absolute Gasteiger partial charge is 0.379 e. The lowest BCUT2D eigenvalue weighted by atomic mass is 10.3. The number of unbranched alkanes of at least 4 members (excludes halogenated alkanes) is 1. The third-order valence-corrected chi connectivity index (χ3v) is 2.70. The van der Waals surface area contributed by atoms with Crippen LogP contribution in [0.3, 0.4) is 0 Å². The average Bonchev–Trinajstić information content (AvgIpc) is 2.89. The van der Waals surface area contributed by atoms with E-state index in [1.54, 1.807) is 0 Å². The second-order valence-electron chi connectivity index (χ2n) is 4.19. The van der Waals surface area contributed by atoms with Crippen LogP contribution in [0.2, 0.25) is 0 Å². The van der Waals surface area contributed by atoms with Crippen LogP contribution in [0, 0.1) is 0 Å². The minimum absolute atomic E-state index is 0.136. The van der Waals surface area contributed by atoms with Gasteiger partial charge in [0.15, 0.2) is 0 Å². The molecule has 90 valence electrons. The van der Waals surface area contributed by atoms with E-state index in [-0.39, 0.29) is 12.8 Å². The second-order valence-corrected chi connectivity index (χ2v) is 4.19. The molecule has 0 aliphatic carbocycles. The van der Waals surface area contributed by atoms with Crippen LogP contribution in [0.25, 0.3) is 0 Å². The Bertz CT molecular complexity index is 167. The van der Waals surface area contributed by atoms with Gasteiger partial charge in [0.1, 0.15) is 0 Å². The van der Waals surface area contributed by atoms with Crippen molar-refractivity contribution in [2.24, 2.45) is 5.73 Å². The smallest absolute Gasteiger partial charge is 0.0952 e. The van der Waals surface area contributed by atoms with Gasteiger partial charge in [-0.15, -0.1) is 0 Å². The van der Waals surface area contributed by atoms with Crippen LogP contribution < -0.4 is 5.73 Å². The van der Waals surface area contributed by atoms with Crippen molar-refractivity contribution in [3.8, 4) is 0 Å². The summed E-state index contributed by atoms with van der Waals surface area (Å²) in [6.45, 7) is 8.29. The van der Waals surface area contributed by atoms with E-state index in [1.807, 2.05) is 0 Å². The first-order valence-electron chi connectivity index (χ1n) is 5.91. The van der Waals surface area contributed by atoms with Crippen LogP contribution in [0.15, 0.2) is 0 Å². The zero-order chi connectivity index (χ0) is 11.1. The van der Waals surface area contributed by atoms with Crippen LogP contribution in [0.1, 0.15) is 26.7 Å². The molecular weight excluding hydrogens is 192 g/mol. The molecule has 2 N–H and O–H groups in total. The summed E-state index contributed by atoms with van der Waals surface area (Å²) in [6.07, 6.45) is 2.43. The van der Waals surface area contributed by atoms with E-state index < -0.39 is 0 Å². The summed E-state index contributed by atoms with van der Waals surface area (Å²) in [5, 5.41) is 0. The van der Waals surface area contributed by atoms with Gasteiger partial charge in [-0.1, -0.05) is 13.3 Å². The minimum atomic E-state index is 0.136. The summed E-state index contributed by atoms with van der Waals surface area (Å²) in [5.41, 5.74) is 5.39. The van der Waals surface area contributed by atoms with Gasteiger partial charge >= 0.3 is 0 Å². The molecule has 0 spiro atoms. The minimum Gasteiger partial charge on any atom is -0.379 e. The van der Waals surface area contributed by atoms with Gasteiger partial charge in [-0.3, -0.25) is 4.90 Å². The number of nitrogens with two attached hydrogens (primary N) is 1. The Morgan fingerprint density at radius 2 is 2.27 bits per heavy atom. The molecule has 3 unspecified atom stereocenters. The molecule has 15 heavy (non-hydrogen) atoms. The Balaban J connectivity index is 2.06. The molecule has 0 aromatic carbocycles. The van der Waals surface area contributed by atoms with E-state index in [0.29, 0.717) is 12.6 Å². The van der Waals surface area contributed by atoms with Crippen LogP contribution in [-0.2, 0) is 9.47 Å². The van der Waals surface area contributed by atoms with E-state index in [9.17, 15) is 0 Å². The highest BCUT2D eigenvalue weighted by atomic mass is 16.5. The molecule has 1 saturated heterocycles. The van der Waals surface area contributed by atoms with Gasteiger partial charge in [0.2, 0.25) is 0 Å². The Labute approximate surface area is 92.7 Å². The highest BCUT2D eigenvalue weighted by Gasteiger charge is 2.31. The highest BCUT2D eigenvalue weighted by molar-refractivity contribution is 4.86. The van der Waals surface area contributed by atoms with Crippen molar-refractivity contribution < 1.29 is 9.47 Å². The van der Waals surface area contributed by atoms with Gasteiger partial charge in [-0.2, -0.15) is 0 Å². The SMILES string of the molecule is CCCCOCC(CN1CC1C)OCN. The molecule has 1 aliphatic rings. The Hall–Kier alpha value is -0.160. The van der Waals surface area contributed by atoms with Crippen molar-refractivity contribution in [2.75, 3.05) is 33.0 Å². The van der Waals surface area contributed by atoms with E-state index in [2.05, 4.69) is 18.7 Å². The van der Waals surface area contributed by atoms with Crippen molar-refractivity contribution in [1.29, 1.82) is 0 Å². The molecule has 3 atom stereocenters. The summed E-state index contributed by atoms with van der Waals surface area (Å²) in [4.78, 5) is 2.36. The first-order chi connectivity index (χ1) is 7.27. The Morgan fingerprint density at radius 1 is 1.53 bits per heavy atom. The molecule has 0 radical (unpaired) electrons. The quantitative estimate of drug-likeness (QED) is 0.352. The number of hydrogen-bond acceptors (Lipinski definition) is 4. The molecule has 0 saturated carbocycles. The zero-order valence-corrected chi connectivity index (χ0v) is 9.95. The van der Waals surface area contributed by atoms with Crippen molar-refractivity contribution in [1.82, 2.24) is 4.90 Å². The topological polar surface area (TPSA) is 47.5 Å². The van der Waals surface area contributed by atoms with Crippen LogP contribution >= 0.6 is 0 Å². The van der Waals surface area contributed by atoms with Crippen LogP contribution in [-0.4, -0.2) is 50.1 Å². The molecule has 4 heteroatoms. The number of hydrogen-bond donors (Lipinski definition) is 1. The van der Waals surface area contributed by atoms with Crippen molar-refractivity contribution >= 4 is 0 Å². The summed E-state index contributed by atoms with van der Waals surface area (Å²) in [6, 6.07) is 0.713. The Morgan fingerprint density at radius 3 is 2.80 bits per heavy atom. The monoisotopic (exact) mass is 216 g/mol. The maximum Gasteiger partial charge on any atom is 0.0952 e. The average molecular weight is 216 g/mol. The summed E-state index contributed by atoms with van der Waals surface area (Å²) >= 11 is 0. The first kappa shape index (κ1) is 12.9. The molecule has 1 fully saturated rings. The summed E-state index contributed by atoms with van der Waals surface area (Å²) in [7, 11) is 0. The molecule has 1 aliphatic heterocycles. The molecule has 1 heterocycles. The fourth-order valence-corrected chi connectivity index (χ4v) is 1.56. The number of nitrogens with zero attached hydrogens (tertiary/aromatic N) is 1. The molecular formula is C11H24N2O2. The van der Waals surface area contributed by atoms with Crippen LogP contribution in [0.5, 0.6) is 0 Å². The molecule has 0 bridgehead atoms. The maximum absolute atomic E-state index is 5.55. The van der Waals surface area contributed by atoms with Gasteiger partial charge in [0.25, 0.3) is 0 Å². The molecule has 1 rings (SSSR count). The predicted octanol–water partition coefficient (Wildman–Crippen LogP) is 0.809. The normalized spacial score (nSPS) is 26.6. The summed E-state index contributed by atoms with van der Waals surface area (Å²) in [5.74, 6) is 0. The molecule has 0 aromatic heterocycles. The standard InChI is InChI=1S/C11H24N2O2/c1-3-4-5-14-8-11(15-9-12)7-13-6-10(13)2/h10-11H,3-9,12H2,1-2H3. The van der Waals surface area contributed by atoms with Crippen molar-refractivity contribution in [2.45, 2.75) is 38.8 Å². The first-order valence-corrected chi connectivity index (χ1v) is 5.91. The number of rotatable bonds is 9. The highest BCUT2D eigenvalue weighted by Crippen LogP contribution is 2.16. The molecule has 0 amide bonds.